The zero-order chi connectivity index (χ0) is 15.3. The Kier molecular flexibility index (Phi) is 4.52. The van der Waals surface area contributed by atoms with E-state index >= 15 is 0 Å². The van der Waals surface area contributed by atoms with Crippen molar-refractivity contribution in [1.29, 1.82) is 0 Å². The van der Waals surface area contributed by atoms with Gasteiger partial charge < -0.3 is 5.11 Å². The van der Waals surface area contributed by atoms with Crippen LogP contribution in [0.25, 0.3) is 0 Å². The van der Waals surface area contributed by atoms with Crippen molar-refractivity contribution in [2.75, 3.05) is 11.3 Å². The maximum Gasteiger partial charge on any atom is 0.263 e. The van der Waals surface area contributed by atoms with Crippen LogP contribution < -0.4 is 4.72 Å². The number of aliphatic hydroxyl groups is 1. The van der Waals surface area contributed by atoms with Crippen LogP contribution in [0.15, 0.2) is 47.6 Å². The molecular formula is C14H11FN2O3S. The molecule has 0 aliphatic heterocycles. The predicted molar refractivity (Wildman–Crippen MR) is 75.4 cm³/mol. The van der Waals surface area contributed by atoms with Crippen molar-refractivity contribution >= 4 is 15.7 Å². The van der Waals surface area contributed by atoms with Crippen molar-refractivity contribution in [3.05, 3.63) is 54.1 Å². The van der Waals surface area contributed by atoms with Crippen LogP contribution >= 0.6 is 0 Å². The molecule has 0 aliphatic carbocycles. The van der Waals surface area contributed by atoms with Gasteiger partial charge >= 0.3 is 0 Å². The van der Waals surface area contributed by atoms with E-state index in [0.717, 1.165) is 6.07 Å². The number of nitrogens with one attached hydrogen (secondary N) is 1. The number of aliphatic hydroxyl groups excluding tert-OH is 1. The van der Waals surface area contributed by atoms with Crippen LogP contribution in [0, 0.1) is 17.7 Å². The quantitative estimate of drug-likeness (QED) is 0.839. The van der Waals surface area contributed by atoms with Crippen molar-refractivity contribution in [3.8, 4) is 11.8 Å². The van der Waals surface area contributed by atoms with Crippen molar-refractivity contribution < 1.29 is 17.9 Å². The summed E-state index contributed by atoms with van der Waals surface area (Å²) in [6.07, 6.45) is 2.61. The van der Waals surface area contributed by atoms with Crippen molar-refractivity contribution in [3.63, 3.8) is 0 Å². The van der Waals surface area contributed by atoms with Crippen LogP contribution in [-0.2, 0) is 10.0 Å². The number of rotatable bonds is 3. The van der Waals surface area contributed by atoms with E-state index in [9.17, 15) is 12.8 Å². The van der Waals surface area contributed by atoms with Gasteiger partial charge in [0.05, 0.1) is 5.69 Å². The zero-order valence-corrected chi connectivity index (χ0v) is 11.6. The van der Waals surface area contributed by atoms with E-state index in [1.165, 1.54) is 36.7 Å². The first-order chi connectivity index (χ1) is 10.0. The van der Waals surface area contributed by atoms with Gasteiger partial charge in [0.25, 0.3) is 10.0 Å². The highest BCUT2D eigenvalue weighted by Gasteiger charge is 2.16. The van der Waals surface area contributed by atoms with Gasteiger partial charge in [-0.05, 0) is 30.3 Å². The maximum absolute atomic E-state index is 13.9. The number of hydrogen-bond donors (Lipinski definition) is 2. The smallest absolute Gasteiger partial charge is 0.263 e. The number of aromatic nitrogens is 1. The second kappa shape index (κ2) is 6.35. The van der Waals surface area contributed by atoms with Gasteiger partial charge in [0.2, 0.25) is 0 Å². The molecule has 0 amide bonds. The lowest BCUT2D eigenvalue weighted by molar-refractivity contribution is 0.350. The highest BCUT2D eigenvalue weighted by molar-refractivity contribution is 7.92. The topological polar surface area (TPSA) is 79.3 Å². The summed E-state index contributed by atoms with van der Waals surface area (Å²) in [6, 6.07) is 6.63. The standard InChI is InChI=1S/C14H11FN2O3S/c15-13-9-11(3-2-8-18)5-6-14(13)17-21(19,20)12-4-1-7-16-10-12/h1,4-7,9-10,17-18H,8H2. The summed E-state index contributed by atoms with van der Waals surface area (Å²) in [5, 5.41) is 8.57. The van der Waals surface area contributed by atoms with Gasteiger partial charge in [-0.2, -0.15) is 0 Å². The zero-order valence-electron chi connectivity index (χ0n) is 10.7. The van der Waals surface area contributed by atoms with E-state index in [1.54, 1.807) is 0 Å². The van der Waals surface area contributed by atoms with E-state index in [2.05, 4.69) is 21.5 Å². The fourth-order valence-electron chi connectivity index (χ4n) is 1.53. The third kappa shape index (κ3) is 3.78. The molecule has 0 radical (unpaired) electrons. The molecule has 0 bridgehead atoms. The molecule has 2 rings (SSSR count). The van der Waals surface area contributed by atoms with Crippen LogP contribution in [-0.4, -0.2) is 25.1 Å². The third-order valence-corrected chi connectivity index (χ3v) is 3.82. The van der Waals surface area contributed by atoms with E-state index in [1.807, 2.05) is 0 Å². The van der Waals surface area contributed by atoms with Crippen molar-refractivity contribution in [2.24, 2.45) is 0 Å². The molecule has 1 heterocycles. The Morgan fingerprint density at radius 1 is 1.33 bits per heavy atom. The van der Waals surface area contributed by atoms with Gasteiger partial charge in [0.1, 0.15) is 17.3 Å². The summed E-state index contributed by atoms with van der Waals surface area (Å²) < 4.78 is 40.1. The fourth-order valence-corrected chi connectivity index (χ4v) is 2.56. The van der Waals surface area contributed by atoms with Crippen molar-refractivity contribution in [1.82, 2.24) is 4.98 Å². The minimum absolute atomic E-state index is 0.0615. The average Bonchev–Trinajstić information content (AvgIpc) is 2.48. The number of nitrogens with zero attached hydrogens (tertiary/aromatic N) is 1. The fraction of sp³-hybridized carbons (Fsp3) is 0.0714. The molecule has 7 heteroatoms. The molecule has 108 valence electrons. The summed E-state index contributed by atoms with van der Waals surface area (Å²) in [5.41, 5.74) is 0.152. The average molecular weight is 306 g/mol. The van der Waals surface area contributed by atoms with E-state index in [0.29, 0.717) is 5.56 Å². The van der Waals surface area contributed by atoms with Crippen LogP contribution in [0.1, 0.15) is 5.56 Å². The van der Waals surface area contributed by atoms with Gasteiger partial charge in [-0.15, -0.1) is 0 Å². The lowest BCUT2D eigenvalue weighted by Gasteiger charge is -2.08. The molecule has 1 aromatic heterocycles. The molecule has 0 spiro atoms. The van der Waals surface area contributed by atoms with Crippen LogP contribution in [0.5, 0.6) is 0 Å². The Labute approximate surface area is 121 Å². The molecule has 0 saturated carbocycles. The molecule has 0 unspecified atom stereocenters. The number of benzene rings is 1. The summed E-state index contributed by atoms with van der Waals surface area (Å²) in [5.74, 6) is 4.15. The second-order valence-electron chi connectivity index (χ2n) is 3.95. The van der Waals surface area contributed by atoms with Gasteiger partial charge in [0, 0.05) is 18.0 Å². The van der Waals surface area contributed by atoms with E-state index < -0.39 is 15.8 Å². The largest absolute Gasteiger partial charge is 0.384 e. The molecular weight excluding hydrogens is 295 g/mol. The molecule has 21 heavy (non-hydrogen) atoms. The Morgan fingerprint density at radius 3 is 2.76 bits per heavy atom. The summed E-state index contributed by atoms with van der Waals surface area (Å²) >= 11 is 0. The normalized spacial score (nSPS) is 10.6. The minimum atomic E-state index is -3.89. The highest BCUT2D eigenvalue weighted by Crippen LogP contribution is 2.19. The first-order valence-corrected chi connectivity index (χ1v) is 7.33. The third-order valence-electron chi connectivity index (χ3n) is 2.47. The van der Waals surface area contributed by atoms with Gasteiger partial charge in [0.15, 0.2) is 0 Å². The Balaban J connectivity index is 2.28. The maximum atomic E-state index is 13.9. The predicted octanol–water partition coefficient (Wildman–Crippen LogP) is 1.37. The van der Waals surface area contributed by atoms with Gasteiger partial charge in [-0.1, -0.05) is 11.8 Å². The second-order valence-corrected chi connectivity index (χ2v) is 5.63. The SMILES string of the molecule is O=S(=O)(Nc1ccc(C#CCO)cc1F)c1cccnc1. The monoisotopic (exact) mass is 306 g/mol. The summed E-state index contributed by atoms with van der Waals surface area (Å²) in [6.45, 7) is -0.336. The molecule has 0 saturated heterocycles. The summed E-state index contributed by atoms with van der Waals surface area (Å²) in [4.78, 5) is 3.65. The van der Waals surface area contributed by atoms with Crippen molar-refractivity contribution in [2.45, 2.75) is 4.90 Å². The molecule has 1 aromatic carbocycles. The first-order valence-electron chi connectivity index (χ1n) is 5.85. The summed E-state index contributed by atoms with van der Waals surface area (Å²) in [7, 11) is -3.89. The number of halogens is 1. The lowest BCUT2D eigenvalue weighted by atomic mass is 10.2. The molecule has 2 N–H and O–H groups in total. The van der Waals surface area contributed by atoms with E-state index in [4.69, 9.17) is 5.11 Å². The Bertz CT molecular complexity index is 796. The highest BCUT2D eigenvalue weighted by atomic mass is 32.2. The van der Waals surface area contributed by atoms with Gasteiger partial charge in [-0.3, -0.25) is 9.71 Å². The Morgan fingerprint density at radius 2 is 2.14 bits per heavy atom. The minimum Gasteiger partial charge on any atom is -0.384 e. The number of sulfonamides is 1. The van der Waals surface area contributed by atoms with Crippen LogP contribution in [0.3, 0.4) is 0 Å². The number of anilines is 1. The first kappa shape index (κ1) is 15.0. The molecule has 0 atom stereocenters. The molecule has 0 fully saturated rings. The Hall–Kier alpha value is -2.43. The van der Waals surface area contributed by atoms with Gasteiger partial charge in [-0.25, -0.2) is 12.8 Å². The molecule has 0 aliphatic rings. The van der Waals surface area contributed by atoms with E-state index in [-0.39, 0.29) is 17.2 Å². The lowest BCUT2D eigenvalue weighted by Crippen LogP contribution is -2.14. The number of pyridine rings is 1. The van der Waals surface area contributed by atoms with Crippen LogP contribution in [0.2, 0.25) is 0 Å². The number of hydrogen-bond acceptors (Lipinski definition) is 4. The molecule has 2 aromatic rings. The van der Waals surface area contributed by atoms with Crippen LogP contribution in [0.4, 0.5) is 10.1 Å². The molecule has 5 nitrogen and oxygen atoms in total.